The molecule has 1 saturated carbocycles. The summed E-state index contributed by atoms with van der Waals surface area (Å²) in [5, 5.41) is 8.97. The van der Waals surface area contributed by atoms with E-state index < -0.39 is 0 Å². The van der Waals surface area contributed by atoms with Crippen LogP contribution in [0.2, 0.25) is 0 Å². The molecule has 0 bridgehead atoms. The van der Waals surface area contributed by atoms with Crippen molar-refractivity contribution in [3.8, 4) is 11.5 Å². The van der Waals surface area contributed by atoms with E-state index in [2.05, 4.69) is 20.9 Å². The van der Waals surface area contributed by atoms with Crippen LogP contribution in [-0.2, 0) is 4.79 Å². The fourth-order valence-corrected chi connectivity index (χ4v) is 4.09. The van der Waals surface area contributed by atoms with Crippen molar-refractivity contribution >= 4 is 17.5 Å². The highest BCUT2D eigenvalue weighted by Crippen LogP contribution is 2.58. The van der Waals surface area contributed by atoms with Crippen LogP contribution in [0.4, 0.5) is 5.69 Å². The molecule has 152 valence electrons. The highest BCUT2D eigenvalue weighted by atomic mass is 16.5. The van der Waals surface area contributed by atoms with Crippen LogP contribution in [0.5, 0.6) is 11.5 Å². The molecule has 1 aliphatic carbocycles. The lowest BCUT2D eigenvalue weighted by Gasteiger charge is -2.23. The fourth-order valence-electron chi connectivity index (χ4n) is 4.09. The Kier molecular flexibility index (Phi) is 5.24. The zero-order chi connectivity index (χ0) is 20.4. The molecule has 2 heterocycles. The third-order valence-electron chi connectivity index (χ3n) is 5.92. The van der Waals surface area contributed by atoms with Gasteiger partial charge in [0.2, 0.25) is 5.91 Å². The van der Waals surface area contributed by atoms with Gasteiger partial charge in [-0.15, -0.1) is 0 Å². The Bertz CT molecular complexity index is 937. The molecular formula is C22H26N4O3. The van der Waals surface area contributed by atoms with Crippen LogP contribution in [0.15, 0.2) is 36.5 Å². The average molecular weight is 394 g/mol. The van der Waals surface area contributed by atoms with Gasteiger partial charge >= 0.3 is 0 Å². The molecule has 4 rings (SSSR count). The van der Waals surface area contributed by atoms with Crippen LogP contribution >= 0.6 is 0 Å². The van der Waals surface area contributed by atoms with Gasteiger partial charge in [-0.05, 0) is 68.5 Å². The van der Waals surface area contributed by atoms with E-state index >= 15 is 0 Å². The summed E-state index contributed by atoms with van der Waals surface area (Å²) < 4.78 is 6.02. The van der Waals surface area contributed by atoms with Crippen molar-refractivity contribution in [2.45, 2.75) is 26.2 Å². The number of rotatable bonds is 5. The van der Waals surface area contributed by atoms with Crippen LogP contribution in [0, 0.1) is 18.3 Å². The number of nitrogens with zero attached hydrogens (tertiary/aromatic N) is 1. The molecule has 7 nitrogen and oxygen atoms in total. The van der Waals surface area contributed by atoms with Crippen molar-refractivity contribution in [2.24, 2.45) is 11.3 Å². The third kappa shape index (κ3) is 4.10. The standard InChI is InChI=1S/C22H26N4O3/c1-14-3-4-17(26-20(27)16-13-22(16)6-9-24-10-7-22)19(11-14)29-15-5-8-25-18(12-15)21(28)23-2/h3-5,8,11-12,16,24H,6-7,9-10,13H2,1-2H3,(H,23,28)(H,26,27). The van der Waals surface area contributed by atoms with Gasteiger partial charge in [0, 0.05) is 25.2 Å². The molecule has 1 spiro atoms. The van der Waals surface area contributed by atoms with Crippen LogP contribution < -0.4 is 20.7 Å². The molecule has 2 aromatic rings. The first kappa shape index (κ1) is 19.4. The number of aromatic nitrogens is 1. The Balaban J connectivity index is 1.51. The van der Waals surface area contributed by atoms with Crippen molar-refractivity contribution in [1.82, 2.24) is 15.6 Å². The minimum absolute atomic E-state index is 0.0568. The van der Waals surface area contributed by atoms with E-state index in [1.165, 1.54) is 6.20 Å². The van der Waals surface area contributed by atoms with Gasteiger partial charge in [0.25, 0.3) is 5.91 Å². The first-order valence-corrected chi connectivity index (χ1v) is 9.99. The monoisotopic (exact) mass is 394 g/mol. The van der Waals surface area contributed by atoms with Gasteiger partial charge in [0.1, 0.15) is 11.4 Å². The molecule has 3 N–H and O–H groups in total. The Labute approximate surface area is 170 Å². The number of carbonyl (C=O) groups is 2. The number of anilines is 1. The van der Waals surface area contributed by atoms with Crippen LogP contribution in [0.3, 0.4) is 0 Å². The van der Waals surface area contributed by atoms with Crippen LogP contribution in [-0.4, -0.2) is 36.9 Å². The number of hydrogen-bond acceptors (Lipinski definition) is 5. The van der Waals surface area contributed by atoms with Crippen molar-refractivity contribution in [1.29, 1.82) is 0 Å². The number of ether oxygens (including phenoxy) is 1. The maximum absolute atomic E-state index is 12.9. The lowest BCUT2D eigenvalue weighted by Crippen LogP contribution is -2.31. The van der Waals surface area contributed by atoms with E-state index in [4.69, 9.17) is 4.74 Å². The molecule has 1 saturated heterocycles. The normalized spacial score (nSPS) is 19.4. The fraction of sp³-hybridized carbons (Fsp3) is 0.409. The molecule has 1 atom stereocenters. The highest BCUT2D eigenvalue weighted by Gasteiger charge is 2.57. The summed E-state index contributed by atoms with van der Waals surface area (Å²) >= 11 is 0. The summed E-state index contributed by atoms with van der Waals surface area (Å²) in [4.78, 5) is 28.7. The van der Waals surface area contributed by atoms with Crippen molar-refractivity contribution in [3.05, 3.63) is 47.8 Å². The quantitative estimate of drug-likeness (QED) is 0.725. The van der Waals surface area contributed by atoms with E-state index in [9.17, 15) is 9.59 Å². The number of aryl methyl sites for hydroxylation is 1. The van der Waals surface area contributed by atoms with Crippen LogP contribution in [0.25, 0.3) is 0 Å². The molecule has 0 radical (unpaired) electrons. The first-order chi connectivity index (χ1) is 14.0. The highest BCUT2D eigenvalue weighted by molar-refractivity contribution is 5.96. The van der Waals surface area contributed by atoms with Gasteiger partial charge in [-0.25, -0.2) is 0 Å². The van der Waals surface area contributed by atoms with Gasteiger partial charge in [0.05, 0.1) is 5.69 Å². The number of pyridine rings is 1. The molecule has 1 unspecified atom stereocenters. The Morgan fingerprint density at radius 3 is 2.76 bits per heavy atom. The summed E-state index contributed by atoms with van der Waals surface area (Å²) in [6.07, 6.45) is 4.60. The largest absolute Gasteiger partial charge is 0.455 e. The van der Waals surface area contributed by atoms with Crippen molar-refractivity contribution in [3.63, 3.8) is 0 Å². The lowest BCUT2D eigenvalue weighted by atomic mass is 9.92. The number of piperidine rings is 1. The van der Waals surface area contributed by atoms with Gasteiger partial charge in [-0.1, -0.05) is 6.07 Å². The molecule has 1 aromatic heterocycles. The second-order valence-corrected chi connectivity index (χ2v) is 7.92. The predicted molar refractivity (Wildman–Crippen MR) is 110 cm³/mol. The lowest BCUT2D eigenvalue weighted by molar-refractivity contribution is -0.118. The van der Waals surface area contributed by atoms with Gasteiger partial charge in [0.15, 0.2) is 5.75 Å². The number of carbonyl (C=O) groups excluding carboxylic acids is 2. The Morgan fingerprint density at radius 1 is 1.21 bits per heavy atom. The summed E-state index contributed by atoms with van der Waals surface area (Å²) in [7, 11) is 1.55. The molecule has 2 aliphatic rings. The van der Waals surface area contributed by atoms with Crippen LogP contribution in [0.1, 0.15) is 35.3 Å². The summed E-state index contributed by atoms with van der Waals surface area (Å²) in [5.74, 6) is 0.878. The molecule has 2 amide bonds. The smallest absolute Gasteiger partial charge is 0.269 e. The van der Waals surface area contributed by atoms with Crippen molar-refractivity contribution in [2.75, 3.05) is 25.5 Å². The van der Waals surface area contributed by atoms with Gasteiger partial charge < -0.3 is 20.7 Å². The molecule has 2 fully saturated rings. The second kappa shape index (κ2) is 7.83. The summed E-state index contributed by atoms with van der Waals surface area (Å²) in [5.41, 5.74) is 2.10. The Hall–Kier alpha value is -2.93. The molecular weight excluding hydrogens is 368 g/mol. The zero-order valence-electron chi connectivity index (χ0n) is 16.7. The topological polar surface area (TPSA) is 92.4 Å². The van der Waals surface area contributed by atoms with Gasteiger partial charge in [-0.2, -0.15) is 0 Å². The molecule has 29 heavy (non-hydrogen) atoms. The third-order valence-corrected chi connectivity index (χ3v) is 5.92. The van der Waals surface area contributed by atoms with E-state index in [0.717, 1.165) is 37.9 Å². The maximum atomic E-state index is 12.9. The number of benzene rings is 1. The Morgan fingerprint density at radius 2 is 2.00 bits per heavy atom. The maximum Gasteiger partial charge on any atom is 0.269 e. The van der Waals surface area contributed by atoms with E-state index in [-0.39, 0.29) is 28.8 Å². The minimum Gasteiger partial charge on any atom is -0.455 e. The number of hydrogen-bond donors (Lipinski definition) is 3. The summed E-state index contributed by atoms with van der Waals surface area (Å²) in [6.45, 7) is 3.93. The first-order valence-electron chi connectivity index (χ1n) is 9.99. The molecule has 7 heteroatoms. The minimum atomic E-state index is -0.283. The van der Waals surface area contributed by atoms with E-state index in [1.807, 2.05) is 25.1 Å². The predicted octanol–water partition coefficient (Wildman–Crippen LogP) is 2.87. The summed E-state index contributed by atoms with van der Waals surface area (Å²) in [6, 6.07) is 8.95. The van der Waals surface area contributed by atoms with Gasteiger partial charge in [-0.3, -0.25) is 14.6 Å². The zero-order valence-corrected chi connectivity index (χ0v) is 16.7. The van der Waals surface area contributed by atoms with E-state index in [1.54, 1.807) is 19.2 Å². The number of nitrogens with one attached hydrogen (secondary N) is 3. The number of amides is 2. The average Bonchev–Trinajstić information content (AvgIpc) is 3.43. The second-order valence-electron chi connectivity index (χ2n) is 7.92. The molecule has 1 aromatic carbocycles. The SMILES string of the molecule is CNC(=O)c1cc(Oc2cc(C)ccc2NC(=O)C2CC23CCNCC3)ccn1. The molecule has 1 aliphatic heterocycles. The van der Waals surface area contributed by atoms with Crippen molar-refractivity contribution < 1.29 is 14.3 Å². The van der Waals surface area contributed by atoms with E-state index in [0.29, 0.717) is 17.2 Å².